The van der Waals surface area contributed by atoms with Crippen molar-refractivity contribution < 1.29 is 27.8 Å². The highest BCUT2D eigenvalue weighted by molar-refractivity contribution is 5.74. The van der Waals surface area contributed by atoms with E-state index in [0.717, 1.165) is 22.8 Å². The molecule has 0 bridgehead atoms. The molecule has 0 atom stereocenters. The number of ether oxygens (including phenoxy) is 1. The summed E-state index contributed by atoms with van der Waals surface area (Å²) in [5.74, 6) is 0.189. The van der Waals surface area contributed by atoms with Gasteiger partial charge in [-0.1, -0.05) is 6.07 Å². The third-order valence-electron chi connectivity index (χ3n) is 4.01. The Morgan fingerprint density at radius 2 is 1.96 bits per heavy atom. The van der Waals surface area contributed by atoms with E-state index in [-0.39, 0.29) is 17.0 Å². The largest absolute Gasteiger partial charge is 0.483 e. The minimum absolute atomic E-state index is 0.0867. The van der Waals surface area contributed by atoms with Gasteiger partial charge < -0.3 is 9.57 Å². The van der Waals surface area contributed by atoms with Crippen LogP contribution in [0.25, 0.3) is 5.70 Å². The van der Waals surface area contributed by atoms with Gasteiger partial charge in [0.15, 0.2) is 0 Å². The second-order valence-corrected chi connectivity index (χ2v) is 6.69. The maximum atomic E-state index is 13.1. The van der Waals surface area contributed by atoms with Crippen LogP contribution in [0.4, 0.5) is 13.2 Å². The minimum Gasteiger partial charge on any atom is -0.483 e. The van der Waals surface area contributed by atoms with Crippen molar-refractivity contribution in [3.63, 3.8) is 0 Å². The fourth-order valence-corrected chi connectivity index (χ4v) is 2.85. The Hall–Kier alpha value is -3.30. The fourth-order valence-electron chi connectivity index (χ4n) is 2.85. The number of aromatic nitrogens is 1. The van der Waals surface area contributed by atoms with Crippen molar-refractivity contribution in [2.75, 3.05) is 0 Å². The Labute approximate surface area is 156 Å². The van der Waals surface area contributed by atoms with Gasteiger partial charge in [-0.25, -0.2) is 0 Å². The quantitative estimate of drug-likeness (QED) is 0.582. The summed E-state index contributed by atoms with van der Waals surface area (Å²) in [7, 11) is 0. The average Bonchev–Trinajstić information content (AvgIpc) is 2.58. The zero-order chi connectivity index (χ0) is 20.7. The van der Waals surface area contributed by atoms with Gasteiger partial charge in [0.2, 0.25) is 0 Å². The van der Waals surface area contributed by atoms with Crippen molar-refractivity contribution in [3.05, 3.63) is 79.8 Å². The van der Waals surface area contributed by atoms with Crippen LogP contribution in [0.5, 0.6) is 5.75 Å². The van der Waals surface area contributed by atoms with Gasteiger partial charge in [-0.3, -0.25) is 9.36 Å². The molecule has 148 valence electrons. The second kappa shape index (κ2) is 6.70. The molecule has 0 N–H and O–H groups in total. The molecule has 0 saturated heterocycles. The normalized spacial score (nSPS) is 15.2. The van der Waals surface area contributed by atoms with Crippen LogP contribution in [-0.2, 0) is 17.6 Å². The third kappa shape index (κ3) is 4.00. The molecule has 10 heteroatoms. The van der Waals surface area contributed by atoms with Gasteiger partial charge in [-0.05, 0) is 43.7 Å². The van der Waals surface area contributed by atoms with E-state index in [4.69, 9.17) is 4.74 Å². The first-order valence-corrected chi connectivity index (χ1v) is 8.09. The Morgan fingerprint density at radius 1 is 1.25 bits per heavy atom. The van der Waals surface area contributed by atoms with Crippen molar-refractivity contribution in [2.24, 2.45) is 0 Å². The van der Waals surface area contributed by atoms with E-state index < -0.39 is 34.6 Å². The van der Waals surface area contributed by atoms with E-state index in [1.165, 1.54) is 24.4 Å². The Bertz CT molecular complexity index is 1020. The standard InChI is InChI=1S/C18H15F3N2O5/c1-17(2)8-14(13-7-12(18(19,20)21)4-5-15(13)28-17)22-9-11(3-6-16(22)24)10-27-23(25)26/h3-9H,10H2,1-2H3. The highest BCUT2D eigenvalue weighted by atomic mass is 19.4. The van der Waals surface area contributed by atoms with Crippen molar-refractivity contribution in [2.45, 2.75) is 32.2 Å². The first-order valence-electron chi connectivity index (χ1n) is 8.09. The van der Waals surface area contributed by atoms with Crippen LogP contribution in [-0.4, -0.2) is 15.3 Å². The zero-order valence-electron chi connectivity index (χ0n) is 14.8. The van der Waals surface area contributed by atoms with Crippen molar-refractivity contribution in [1.82, 2.24) is 4.57 Å². The Kier molecular flexibility index (Phi) is 4.66. The smallest absolute Gasteiger partial charge is 0.416 e. The van der Waals surface area contributed by atoms with Gasteiger partial charge in [0.05, 0.1) is 11.3 Å². The van der Waals surface area contributed by atoms with Crippen molar-refractivity contribution >= 4 is 5.70 Å². The molecule has 1 aromatic heterocycles. The Balaban J connectivity index is 2.15. The molecule has 0 aliphatic carbocycles. The number of benzene rings is 1. The van der Waals surface area contributed by atoms with E-state index in [0.29, 0.717) is 5.56 Å². The molecule has 0 unspecified atom stereocenters. The number of rotatable bonds is 4. The summed E-state index contributed by atoms with van der Waals surface area (Å²) >= 11 is 0. The van der Waals surface area contributed by atoms with E-state index in [1.54, 1.807) is 13.8 Å². The molecule has 1 aliphatic heterocycles. The van der Waals surface area contributed by atoms with Crippen LogP contribution in [0, 0.1) is 10.1 Å². The summed E-state index contributed by atoms with van der Waals surface area (Å²) in [4.78, 5) is 27.1. The van der Waals surface area contributed by atoms with Gasteiger partial charge >= 0.3 is 6.18 Å². The fraction of sp³-hybridized carbons (Fsp3) is 0.278. The number of hydrogen-bond acceptors (Lipinski definition) is 5. The number of alkyl halides is 3. The maximum Gasteiger partial charge on any atom is 0.416 e. The van der Waals surface area contributed by atoms with Crippen LogP contribution in [0.15, 0.2) is 47.4 Å². The first-order chi connectivity index (χ1) is 13.0. The van der Waals surface area contributed by atoms with E-state index in [1.807, 2.05) is 0 Å². The summed E-state index contributed by atoms with van der Waals surface area (Å²) in [5.41, 5.74) is -1.73. The maximum absolute atomic E-state index is 13.1. The van der Waals surface area contributed by atoms with Crippen molar-refractivity contribution in [1.29, 1.82) is 0 Å². The lowest BCUT2D eigenvalue weighted by atomic mass is 9.97. The van der Waals surface area contributed by atoms with E-state index in [9.17, 15) is 28.1 Å². The van der Waals surface area contributed by atoms with Gasteiger partial charge in [-0.15, -0.1) is 10.1 Å². The number of fused-ring (bicyclic) bond motifs is 1. The summed E-state index contributed by atoms with van der Waals surface area (Å²) in [5, 5.41) is 9.41. The minimum atomic E-state index is -4.57. The first kappa shape index (κ1) is 19.5. The van der Waals surface area contributed by atoms with Crippen LogP contribution < -0.4 is 10.3 Å². The molecule has 0 amide bonds. The predicted octanol–water partition coefficient (Wildman–Crippen LogP) is 3.64. The third-order valence-corrected chi connectivity index (χ3v) is 4.01. The van der Waals surface area contributed by atoms with Crippen LogP contribution >= 0.6 is 0 Å². The molecule has 7 nitrogen and oxygen atoms in total. The molecule has 0 radical (unpaired) electrons. The van der Waals surface area contributed by atoms with E-state index >= 15 is 0 Å². The van der Waals surface area contributed by atoms with Crippen LogP contribution in [0.1, 0.15) is 30.5 Å². The lowest BCUT2D eigenvalue weighted by molar-refractivity contribution is -0.763. The highest BCUT2D eigenvalue weighted by Crippen LogP contribution is 2.40. The van der Waals surface area contributed by atoms with Crippen LogP contribution in [0.3, 0.4) is 0 Å². The number of hydrogen-bond donors (Lipinski definition) is 0. The average molecular weight is 396 g/mol. The van der Waals surface area contributed by atoms with E-state index in [2.05, 4.69) is 4.84 Å². The lowest BCUT2D eigenvalue weighted by Crippen LogP contribution is -2.32. The molecule has 3 rings (SSSR count). The molecule has 2 heterocycles. The van der Waals surface area contributed by atoms with Gasteiger partial charge in [0.25, 0.3) is 10.6 Å². The van der Waals surface area contributed by atoms with Gasteiger partial charge in [0.1, 0.15) is 18.0 Å². The molecule has 0 fully saturated rings. The topological polar surface area (TPSA) is 83.6 Å². The Morgan fingerprint density at radius 3 is 2.61 bits per heavy atom. The monoisotopic (exact) mass is 396 g/mol. The van der Waals surface area contributed by atoms with Gasteiger partial charge in [-0.2, -0.15) is 13.2 Å². The molecule has 1 aromatic carbocycles. The molecular formula is C18H15F3N2O5. The summed E-state index contributed by atoms with van der Waals surface area (Å²) in [6.07, 6.45) is -1.75. The molecule has 2 aromatic rings. The lowest BCUT2D eigenvalue weighted by Gasteiger charge is -2.32. The van der Waals surface area contributed by atoms with Gasteiger partial charge in [0, 0.05) is 17.8 Å². The number of nitrogens with zero attached hydrogens (tertiary/aromatic N) is 2. The van der Waals surface area contributed by atoms with Crippen molar-refractivity contribution in [3.8, 4) is 5.75 Å². The molecule has 28 heavy (non-hydrogen) atoms. The number of halogens is 3. The summed E-state index contributed by atoms with van der Waals surface area (Å²) in [6, 6.07) is 5.53. The van der Waals surface area contributed by atoms with Crippen LogP contribution in [0.2, 0.25) is 0 Å². The molecule has 1 aliphatic rings. The zero-order valence-corrected chi connectivity index (χ0v) is 14.8. The highest BCUT2D eigenvalue weighted by Gasteiger charge is 2.34. The summed E-state index contributed by atoms with van der Waals surface area (Å²) < 4.78 is 46.3. The number of pyridine rings is 1. The SMILES string of the molecule is CC1(C)C=C(n2cc(CO[N+](=O)[O-])ccc2=O)c2cc(C(F)(F)F)ccc2O1. The molecule has 0 saturated carbocycles. The molecular weight excluding hydrogens is 381 g/mol. The summed E-state index contributed by atoms with van der Waals surface area (Å²) in [6.45, 7) is 2.98. The molecule has 0 spiro atoms. The second-order valence-electron chi connectivity index (χ2n) is 6.69. The predicted molar refractivity (Wildman–Crippen MR) is 92.0 cm³/mol.